The van der Waals surface area contributed by atoms with Crippen LogP contribution in [0.3, 0.4) is 0 Å². The number of halogens is 1. The number of methoxy groups -OCH3 is 1. The molecule has 0 aliphatic carbocycles. The first kappa shape index (κ1) is 14.8. The van der Waals surface area contributed by atoms with Gasteiger partial charge in [-0.15, -0.1) is 0 Å². The SMILES string of the molecule is COC(=O)c1ccc(Cl)c(NC(=O)C2CCCCN2)c1. The Labute approximate surface area is 122 Å². The molecule has 1 unspecified atom stereocenters. The number of benzene rings is 1. The highest BCUT2D eigenvalue weighted by molar-refractivity contribution is 6.34. The molecule has 0 aromatic heterocycles. The Morgan fingerprint density at radius 2 is 2.20 bits per heavy atom. The molecule has 5 nitrogen and oxygen atoms in total. The molecular formula is C14H17ClN2O3. The Balaban J connectivity index is 2.11. The summed E-state index contributed by atoms with van der Waals surface area (Å²) in [6.07, 6.45) is 2.92. The smallest absolute Gasteiger partial charge is 0.337 e. The van der Waals surface area contributed by atoms with Gasteiger partial charge in [-0.3, -0.25) is 4.79 Å². The van der Waals surface area contributed by atoms with E-state index in [1.54, 1.807) is 12.1 Å². The lowest BCUT2D eigenvalue weighted by atomic mass is 10.0. The summed E-state index contributed by atoms with van der Waals surface area (Å²) in [5.41, 5.74) is 0.774. The van der Waals surface area contributed by atoms with Crippen LogP contribution in [0.5, 0.6) is 0 Å². The number of ether oxygens (including phenoxy) is 1. The highest BCUT2D eigenvalue weighted by atomic mass is 35.5. The van der Waals surface area contributed by atoms with Crippen LogP contribution in [0.25, 0.3) is 0 Å². The van der Waals surface area contributed by atoms with Crippen LogP contribution in [-0.2, 0) is 9.53 Å². The van der Waals surface area contributed by atoms with Crippen molar-refractivity contribution < 1.29 is 14.3 Å². The summed E-state index contributed by atoms with van der Waals surface area (Å²) in [5, 5.41) is 6.31. The first-order valence-corrected chi connectivity index (χ1v) is 6.91. The van der Waals surface area contributed by atoms with E-state index in [-0.39, 0.29) is 11.9 Å². The van der Waals surface area contributed by atoms with E-state index >= 15 is 0 Å². The van der Waals surface area contributed by atoms with Gasteiger partial charge in [0.05, 0.1) is 29.4 Å². The number of hydrogen-bond donors (Lipinski definition) is 2. The van der Waals surface area contributed by atoms with Crippen molar-refractivity contribution in [3.8, 4) is 0 Å². The average Bonchev–Trinajstić information content (AvgIpc) is 2.49. The van der Waals surface area contributed by atoms with Gasteiger partial charge in [-0.25, -0.2) is 4.79 Å². The van der Waals surface area contributed by atoms with E-state index in [1.165, 1.54) is 13.2 Å². The Morgan fingerprint density at radius 3 is 2.85 bits per heavy atom. The second-order valence-electron chi connectivity index (χ2n) is 4.68. The molecular weight excluding hydrogens is 280 g/mol. The minimum absolute atomic E-state index is 0.131. The lowest BCUT2D eigenvalue weighted by Gasteiger charge is -2.22. The molecule has 1 heterocycles. The fourth-order valence-electron chi connectivity index (χ4n) is 2.16. The fourth-order valence-corrected chi connectivity index (χ4v) is 2.33. The summed E-state index contributed by atoms with van der Waals surface area (Å²) in [4.78, 5) is 23.6. The molecule has 0 saturated carbocycles. The highest BCUT2D eigenvalue weighted by Gasteiger charge is 2.21. The molecule has 0 spiro atoms. The molecule has 0 bridgehead atoms. The van der Waals surface area contributed by atoms with Crippen LogP contribution in [0.1, 0.15) is 29.6 Å². The third-order valence-corrected chi connectivity index (χ3v) is 3.60. The van der Waals surface area contributed by atoms with Crippen LogP contribution in [-0.4, -0.2) is 31.6 Å². The van der Waals surface area contributed by atoms with Gasteiger partial charge in [0.25, 0.3) is 0 Å². The van der Waals surface area contributed by atoms with Crippen molar-refractivity contribution in [2.75, 3.05) is 19.0 Å². The minimum atomic E-state index is -0.465. The van der Waals surface area contributed by atoms with Crippen molar-refractivity contribution >= 4 is 29.2 Å². The quantitative estimate of drug-likeness (QED) is 0.839. The minimum Gasteiger partial charge on any atom is -0.465 e. The van der Waals surface area contributed by atoms with Gasteiger partial charge in [0.15, 0.2) is 0 Å². The van der Waals surface area contributed by atoms with Gasteiger partial charge >= 0.3 is 5.97 Å². The second kappa shape index (κ2) is 6.72. The number of esters is 1. The van der Waals surface area contributed by atoms with Crippen molar-refractivity contribution in [2.24, 2.45) is 0 Å². The van der Waals surface area contributed by atoms with Crippen LogP contribution in [0, 0.1) is 0 Å². The van der Waals surface area contributed by atoms with E-state index in [0.29, 0.717) is 16.3 Å². The van der Waals surface area contributed by atoms with E-state index in [0.717, 1.165) is 25.8 Å². The Bertz CT molecular complexity index is 513. The lowest BCUT2D eigenvalue weighted by Crippen LogP contribution is -2.43. The number of piperidine rings is 1. The van der Waals surface area contributed by atoms with Gasteiger partial charge in [0, 0.05) is 0 Å². The van der Waals surface area contributed by atoms with Gasteiger partial charge in [-0.1, -0.05) is 18.0 Å². The third kappa shape index (κ3) is 3.49. The van der Waals surface area contributed by atoms with Gasteiger partial charge in [0.1, 0.15) is 0 Å². The number of amides is 1. The van der Waals surface area contributed by atoms with Crippen LogP contribution in [0.15, 0.2) is 18.2 Å². The van der Waals surface area contributed by atoms with Crippen molar-refractivity contribution in [1.29, 1.82) is 0 Å². The van der Waals surface area contributed by atoms with Crippen molar-refractivity contribution in [3.05, 3.63) is 28.8 Å². The molecule has 2 rings (SSSR count). The topological polar surface area (TPSA) is 67.4 Å². The summed E-state index contributed by atoms with van der Waals surface area (Å²) in [6, 6.07) is 4.44. The fraction of sp³-hybridized carbons (Fsp3) is 0.429. The van der Waals surface area contributed by atoms with E-state index < -0.39 is 5.97 Å². The second-order valence-corrected chi connectivity index (χ2v) is 5.09. The maximum absolute atomic E-state index is 12.1. The van der Waals surface area contributed by atoms with Gasteiger partial charge < -0.3 is 15.4 Å². The van der Waals surface area contributed by atoms with E-state index in [4.69, 9.17) is 11.6 Å². The highest BCUT2D eigenvalue weighted by Crippen LogP contribution is 2.24. The maximum Gasteiger partial charge on any atom is 0.337 e. The monoisotopic (exact) mass is 296 g/mol. The Kier molecular flexibility index (Phi) is 4.98. The Hall–Kier alpha value is -1.59. The molecule has 0 radical (unpaired) electrons. The number of hydrogen-bond acceptors (Lipinski definition) is 4. The van der Waals surface area contributed by atoms with Gasteiger partial charge in [-0.05, 0) is 37.6 Å². The summed E-state index contributed by atoms with van der Waals surface area (Å²) < 4.78 is 4.65. The number of carbonyl (C=O) groups excluding carboxylic acids is 2. The normalized spacial score (nSPS) is 18.4. The number of nitrogens with one attached hydrogen (secondary N) is 2. The molecule has 20 heavy (non-hydrogen) atoms. The molecule has 1 aromatic carbocycles. The van der Waals surface area contributed by atoms with Crippen molar-refractivity contribution in [3.63, 3.8) is 0 Å². The molecule has 2 N–H and O–H groups in total. The van der Waals surface area contributed by atoms with Crippen molar-refractivity contribution in [2.45, 2.75) is 25.3 Å². The summed E-state index contributed by atoms with van der Waals surface area (Å²) in [7, 11) is 1.31. The van der Waals surface area contributed by atoms with Crippen molar-refractivity contribution in [1.82, 2.24) is 5.32 Å². The maximum atomic E-state index is 12.1. The van der Waals surface area contributed by atoms with E-state index in [1.807, 2.05) is 0 Å². The first-order valence-electron chi connectivity index (χ1n) is 6.54. The number of carbonyl (C=O) groups is 2. The lowest BCUT2D eigenvalue weighted by molar-refractivity contribution is -0.118. The van der Waals surface area contributed by atoms with Crippen LogP contribution in [0.4, 0.5) is 5.69 Å². The molecule has 1 amide bonds. The molecule has 6 heteroatoms. The van der Waals surface area contributed by atoms with Crippen LogP contribution in [0.2, 0.25) is 5.02 Å². The summed E-state index contributed by atoms with van der Waals surface area (Å²) in [6.45, 7) is 0.841. The zero-order valence-electron chi connectivity index (χ0n) is 11.2. The largest absolute Gasteiger partial charge is 0.465 e. The molecule has 1 atom stereocenters. The number of rotatable bonds is 3. The molecule has 1 aliphatic heterocycles. The average molecular weight is 297 g/mol. The van der Waals surface area contributed by atoms with Crippen LogP contribution >= 0.6 is 11.6 Å². The molecule has 1 aromatic rings. The first-order chi connectivity index (χ1) is 9.61. The van der Waals surface area contributed by atoms with Gasteiger partial charge in [0.2, 0.25) is 5.91 Å². The molecule has 1 aliphatic rings. The number of anilines is 1. The zero-order chi connectivity index (χ0) is 14.5. The van der Waals surface area contributed by atoms with Crippen LogP contribution < -0.4 is 10.6 Å². The Morgan fingerprint density at radius 1 is 1.40 bits per heavy atom. The summed E-state index contributed by atoms with van der Waals surface area (Å²) in [5.74, 6) is -0.596. The van der Waals surface area contributed by atoms with E-state index in [2.05, 4.69) is 15.4 Å². The predicted molar refractivity (Wildman–Crippen MR) is 77.1 cm³/mol. The van der Waals surface area contributed by atoms with Gasteiger partial charge in [-0.2, -0.15) is 0 Å². The standard InChI is InChI=1S/C14H17ClN2O3/c1-20-14(19)9-5-6-10(15)12(8-9)17-13(18)11-4-2-3-7-16-11/h5-6,8,11,16H,2-4,7H2,1H3,(H,17,18). The van der Waals surface area contributed by atoms with E-state index in [9.17, 15) is 9.59 Å². The molecule has 1 saturated heterocycles. The molecule has 108 valence electrons. The summed E-state index contributed by atoms with van der Waals surface area (Å²) >= 11 is 6.04. The molecule has 1 fully saturated rings. The third-order valence-electron chi connectivity index (χ3n) is 3.27. The predicted octanol–water partition coefficient (Wildman–Crippen LogP) is 2.21. The zero-order valence-corrected chi connectivity index (χ0v) is 12.0.